The van der Waals surface area contributed by atoms with Crippen LogP contribution >= 0.6 is 11.3 Å². The maximum absolute atomic E-state index is 13.6. The zero-order valence-corrected chi connectivity index (χ0v) is 10.3. The maximum atomic E-state index is 13.6. The molecular weight excluding hydrogens is 255 g/mol. The average Bonchev–Trinajstić information content (AvgIpc) is 2.75. The number of benzene rings is 1. The normalized spacial score (nSPS) is 12.6. The van der Waals surface area contributed by atoms with Crippen molar-refractivity contribution in [3.63, 3.8) is 0 Å². The maximum Gasteiger partial charge on any atom is 0.345 e. The van der Waals surface area contributed by atoms with Crippen LogP contribution in [-0.2, 0) is 6.61 Å². The standard InChI is InChI=1S/C13H9FO3S/c1-6-2-10-8(4-9(6)14)12-7(5-17-10)3-11(18-12)13(15)16/h2-4H,5H2,1H3,(H,15,16). The topological polar surface area (TPSA) is 46.5 Å². The van der Waals surface area contributed by atoms with Gasteiger partial charge in [0.1, 0.15) is 23.1 Å². The Labute approximate surface area is 106 Å². The smallest absolute Gasteiger partial charge is 0.345 e. The number of fused-ring (bicyclic) bond motifs is 3. The van der Waals surface area contributed by atoms with Crippen LogP contribution in [0.5, 0.6) is 5.75 Å². The zero-order chi connectivity index (χ0) is 12.9. The predicted molar refractivity (Wildman–Crippen MR) is 65.7 cm³/mol. The first-order valence-electron chi connectivity index (χ1n) is 5.35. The molecule has 0 amide bonds. The number of carboxylic acids is 1. The Morgan fingerprint density at radius 2 is 2.22 bits per heavy atom. The second-order valence-electron chi connectivity index (χ2n) is 4.16. The number of aryl methyl sites for hydroxylation is 1. The molecule has 0 aliphatic carbocycles. The quantitative estimate of drug-likeness (QED) is 0.858. The molecule has 2 heterocycles. The number of rotatable bonds is 1. The first-order chi connectivity index (χ1) is 8.56. The summed E-state index contributed by atoms with van der Waals surface area (Å²) in [6.45, 7) is 2.00. The van der Waals surface area contributed by atoms with Crippen LogP contribution < -0.4 is 4.74 Å². The van der Waals surface area contributed by atoms with Gasteiger partial charge in [0, 0.05) is 16.0 Å². The van der Waals surface area contributed by atoms with Crippen LogP contribution in [0.3, 0.4) is 0 Å². The third-order valence-electron chi connectivity index (χ3n) is 2.91. The fourth-order valence-electron chi connectivity index (χ4n) is 1.98. The number of thiophene rings is 1. The second kappa shape index (κ2) is 3.81. The van der Waals surface area contributed by atoms with Crippen LogP contribution in [-0.4, -0.2) is 11.1 Å². The van der Waals surface area contributed by atoms with E-state index < -0.39 is 5.97 Å². The molecule has 92 valence electrons. The van der Waals surface area contributed by atoms with E-state index in [-0.39, 0.29) is 10.7 Å². The van der Waals surface area contributed by atoms with Gasteiger partial charge in [-0.2, -0.15) is 0 Å². The van der Waals surface area contributed by atoms with E-state index in [9.17, 15) is 9.18 Å². The molecule has 0 unspecified atom stereocenters. The Morgan fingerprint density at radius 3 is 2.94 bits per heavy atom. The molecule has 3 rings (SSSR count). The van der Waals surface area contributed by atoms with Crippen molar-refractivity contribution in [2.24, 2.45) is 0 Å². The molecule has 1 aliphatic heterocycles. The monoisotopic (exact) mass is 264 g/mol. The van der Waals surface area contributed by atoms with Crippen molar-refractivity contribution in [3.8, 4) is 16.2 Å². The van der Waals surface area contributed by atoms with Gasteiger partial charge in [-0.05, 0) is 30.7 Å². The Morgan fingerprint density at radius 1 is 1.44 bits per heavy atom. The van der Waals surface area contributed by atoms with Crippen LogP contribution in [0.15, 0.2) is 18.2 Å². The highest BCUT2D eigenvalue weighted by atomic mass is 32.1. The third kappa shape index (κ3) is 1.59. The predicted octanol–water partition coefficient (Wildman–Crippen LogP) is 3.45. The molecule has 1 aromatic heterocycles. The van der Waals surface area contributed by atoms with Gasteiger partial charge in [-0.3, -0.25) is 0 Å². The largest absolute Gasteiger partial charge is 0.488 e. The van der Waals surface area contributed by atoms with E-state index in [1.54, 1.807) is 19.1 Å². The van der Waals surface area contributed by atoms with Crippen LogP contribution in [0.4, 0.5) is 4.39 Å². The lowest BCUT2D eigenvalue weighted by Crippen LogP contribution is -2.03. The van der Waals surface area contributed by atoms with Crippen LogP contribution in [0.25, 0.3) is 10.4 Å². The van der Waals surface area contributed by atoms with Gasteiger partial charge in [-0.25, -0.2) is 9.18 Å². The summed E-state index contributed by atoms with van der Waals surface area (Å²) < 4.78 is 19.1. The Kier molecular flexibility index (Phi) is 2.38. The molecule has 5 heteroatoms. The van der Waals surface area contributed by atoms with Crippen molar-refractivity contribution < 1.29 is 19.0 Å². The molecule has 0 saturated heterocycles. The van der Waals surface area contributed by atoms with Crippen molar-refractivity contribution in [2.75, 3.05) is 0 Å². The molecule has 18 heavy (non-hydrogen) atoms. The minimum Gasteiger partial charge on any atom is -0.488 e. The molecule has 0 fully saturated rings. The molecule has 1 N–H and O–H groups in total. The fraction of sp³-hybridized carbons (Fsp3) is 0.154. The van der Waals surface area contributed by atoms with Gasteiger partial charge in [0.25, 0.3) is 0 Å². The summed E-state index contributed by atoms with van der Waals surface area (Å²) in [5, 5.41) is 8.98. The number of carbonyl (C=O) groups is 1. The number of hydrogen-bond acceptors (Lipinski definition) is 3. The second-order valence-corrected chi connectivity index (χ2v) is 5.21. The van der Waals surface area contributed by atoms with Crippen LogP contribution in [0.2, 0.25) is 0 Å². The molecule has 3 nitrogen and oxygen atoms in total. The van der Waals surface area contributed by atoms with E-state index in [0.717, 1.165) is 21.8 Å². The van der Waals surface area contributed by atoms with Crippen molar-refractivity contribution in [1.29, 1.82) is 0 Å². The van der Waals surface area contributed by atoms with E-state index in [2.05, 4.69) is 0 Å². The van der Waals surface area contributed by atoms with Gasteiger partial charge in [-0.1, -0.05) is 0 Å². The summed E-state index contributed by atoms with van der Waals surface area (Å²) in [4.78, 5) is 12.0. The summed E-state index contributed by atoms with van der Waals surface area (Å²) in [6.07, 6.45) is 0. The molecule has 0 saturated carbocycles. The highest BCUT2D eigenvalue weighted by Gasteiger charge is 2.23. The van der Waals surface area contributed by atoms with Gasteiger partial charge in [0.15, 0.2) is 0 Å². The van der Waals surface area contributed by atoms with Gasteiger partial charge in [0.2, 0.25) is 0 Å². The van der Waals surface area contributed by atoms with E-state index in [4.69, 9.17) is 9.84 Å². The van der Waals surface area contributed by atoms with E-state index >= 15 is 0 Å². The molecule has 0 bridgehead atoms. The van der Waals surface area contributed by atoms with Crippen molar-refractivity contribution >= 4 is 17.3 Å². The lowest BCUT2D eigenvalue weighted by molar-refractivity contribution is 0.0702. The van der Waals surface area contributed by atoms with Gasteiger partial charge >= 0.3 is 5.97 Å². The van der Waals surface area contributed by atoms with Crippen molar-refractivity contribution in [2.45, 2.75) is 13.5 Å². The molecule has 0 radical (unpaired) electrons. The summed E-state index contributed by atoms with van der Waals surface area (Å²) in [5.74, 6) is -0.667. The molecule has 0 spiro atoms. The minimum absolute atomic E-state index is 0.248. The van der Waals surface area contributed by atoms with Gasteiger partial charge in [0.05, 0.1) is 0 Å². The fourth-order valence-corrected chi connectivity index (χ4v) is 3.00. The Balaban J connectivity index is 2.21. The highest BCUT2D eigenvalue weighted by molar-refractivity contribution is 7.17. The lowest BCUT2D eigenvalue weighted by atomic mass is 10.0. The molecule has 0 atom stereocenters. The first kappa shape index (κ1) is 11.2. The summed E-state index contributed by atoms with van der Waals surface area (Å²) >= 11 is 1.15. The lowest BCUT2D eigenvalue weighted by Gasteiger charge is -2.18. The summed E-state index contributed by atoms with van der Waals surface area (Å²) in [5.41, 5.74) is 1.96. The van der Waals surface area contributed by atoms with E-state index in [1.165, 1.54) is 6.07 Å². The minimum atomic E-state index is -0.969. The molecular formula is C13H9FO3S. The summed E-state index contributed by atoms with van der Waals surface area (Å²) in [7, 11) is 0. The first-order valence-corrected chi connectivity index (χ1v) is 6.17. The Bertz CT molecular complexity index is 660. The third-order valence-corrected chi connectivity index (χ3v) is 4.11. The number of aromatic carboxylic acids is 1. The molecule has 1 aromatic carbocycles. The SMILES string of the molecule is Cc1cc2c(cc1F)-c1sc(C(=O)O)cc1CO2. The zero-order valence-electron chi connectivity index (χ0n) is 9.49. The number of ether oxygens (including phenoxy) is 1. The molecule has 2 aromatic rings. The van der Waals surface area contributed by atoms with E-state index in [1.807, 2.05) is 0 Å². The van der Waals surface area contributed by atoms with Crippen molar-refractivity contribution in [1.82, 2.24) is 0 Å². The Hall–Kier alpha value is -1.88. The van der Waals surface area contributed by atoms with Gasteiger partial charge < -0.3 is 9.84 Å². The summed E-state index contributed by atoms with van der Waals surface area (Å²) in [6, 6.07) is 4.64. The molecule has 1 aliphatic rings. The number of hydrogen-bond donors (Lipinski definition) is 1. The van der Waals surface area contributed by atoms with Gasteiger partial charge in [-0.15, -0.1) is 11.3 Å². The van der Waals surface area contributed by atoms with Crippen molar-refractivity contribution in [3.05, 3.63) is 40.0 Å². The van der Waals surface area contributed by atoms with Crippen LogP contribution in [0, 0.1) is 12.7 Å². The number of carboxylic acid groups (broad SMARTS) is 1. The van der Waals surface area contributed by atoms with Crippen LogP contribution in [0.1, 0.15) is 20.8 Å². The average molecular weight is 264 g/mol. The number of halogens is 1. The highest BCUT2D eigenvalue weighted by Crippen LogP contribution is 2.43. The van der Waals surface area contributed by atoms with E-state index in [0.29, 0.717) is 23.5 Å².